The van der Waals surface area contributed by atoms with Gasteiger partial charge in [-0.2, -0.15) is 0 Å². The molecule has 1 aliphatic heterocycles. The lowest BCUT2D eigenvalue weighted by atomic mass is 9.90. The van der Waals surface area contributed by atoms with E-state index in [1.165, 1.54) is 5.56 Å². The number of carbonyl (C=O) groups excluding carboxylic acids is 2. The number of carbonyl (C=O) groups is 2. The molecule has 2 heterocycles. The molecule has 184 valence electrons. The number of hydrogen-bond donors (Lipinski definition) is 1. The first kappa shape index (κ1) is 23.6. The minimum atomic E-state index is -0.523. The molecule has 0 radical (unpaired) electrons. The van der Waals surface area contributed by atoms with Crippen molar-refractivity contribution in [2.45, 2.75) is 19.3 Å². The lowest BCUT2D eigenvalue weighted by molar-refractivity contribution is -0.135. The van der Waals surface area contributed by atoms with Gasteiger partial charge in [0.15, 0.2) is 6.61 Å². The van der Waals surface area contributed by atoms with Crippen molar-refractivity contribution in [2.75, 3.05) is 26.8 Å². The number of ether oxygens (including phenoxy) is 2. The zero-order chi connectivity index (χ0) is 24.9. The number of nitrogens with zero attached hydrogens (tertiary/aromatic N) is 2. The Morgan fingerprint density at radius 1 is 1.00 bits per heavy atom. The highest BCUT2D eigenvalue weighted by Crippen LogP contribution is 2.24. The zero-order valence-electron chi connectivity index (χ0n) is 20.3. The molecule has 1 aliphatic rings. The van der Waals surface area contributed by atoms with Crippen LogP contribution in [0.5, 0.6) is 5.75 Å². The van der Waals surface area contributed by atoms with Gasteiger partial charge in [-0.05, 0) is 73.2 Å². The second-order valence-electron chi connectivity index (χ2n) is 9.14. The van der Waals surface area contributed by atoms with Gasteiger partial charge in [-0.15, -0.1) is 0 Å². The van der Waals surface area contributed by atoms with Gasteiger partial charge in [0.05, 0.1) is 23.7 Å². The third kappa shape index (κ3) is 5.40. The Hall–Kier alpha value is -4.13. The summed E-state index contributed by atoms with van der Waals surface area (Å²) in [4.78, 5) is 34.9. The Morgan fingerprint density at radius 3 is 2.47 bits per heavy atom. The molecule has 0 saturated carbocycles. The fourth-order valence-corrected chi connectivity index (χ4v) is 4.66. The van der Waals surface area contributed by atoms with E-state index in [0.29, 0.717) is 30.4 Å². The van der Waals surface area contributed by atoms with Crippen molar-refractivity contribution in [3.8, 4) is 17.1 Å². The van der Waals surface area contributed by atoms with Crippen LogP contribution in [0.3, 0.4) is 0 Å². The molecule has 36 heavy (non-hydrogen) atoms. The first-order chi connectivity index (χ1) is 17.6. The van der Waals surface area contributed by atoms with Crippen LogP contribution < -0.4 is 4.74 Å². The van der Waals surface area contributed by atoms with E-state index in [4.69, 9.17) is 9.47 Å². The van der Waals surface area contributed by atoms with Gasteiger partial charge in [-0.25, -0.2) is 9.78 Å². The number of imidazole rings is 1. The van der Waals surface area contributed by atoms with E-state index in [-0.39, 0.29) is 12.5 Å². The Kier molecular flexibility index (Phi) is 6.98. The minimum absolute atomic E-state index is 0.147. The third-order valence-corrected chi connectivity index (χ3v) is 6.74. The molecular formula is C29H29N3O4. The average Bonchev–Trinajstić information content (AvgIpc) is 3.36. The van der Waals surface area contributed by atoms with E-state index >= 15 is 0 Å². The van der Waals surface area contributed by atoms with E-state index in [2.05, 4.69) is 34.2 Å². The number of H-pyrrole nitrogens is 1. The topological polar surface area (TPSA) is 84.5 Å². The Balaban J connectivity index is 1.14. The molecule has 5 rings (SSSR count). The van der Waals surface area contributed by atoms with E-state index in [0.717, 1.165) is 41.6 Å². The van der Waals surface area contributed by atoms with Crippen LogP contribution in [0.25, 0.3) is 22.4 Å². The molecule has 0 spiro atoms. The van der Waals surface area contributed by atoms with Crippen molar-refractivity contribution in [3.05, 3.63) is 83.9 Å². The smallest absolute Gasteiger partial charge is 0.338 e. The number of aromatic nitrogens is 2. The molecule has 0 bridgehead atoms. The average molecular weight is 484 g/mol. The number of aromatic amines is 1. The van der Waals surface area contributed by atoms with Crippen molar-refractivity contribution < 1.29 is 19.1 Å². The van der Waals surface area contributed by atoms with Crippen LogP contribution in [0.4, 0.5) is 0 Å². The Morgan fingerprint density at radius 2 is 1.75 bits per heavy atom. The zero-order valence-corrected chi connectivity index (χ0v) is 20.3. The molecule has 4 aromatic rings. The molecular weight excluding hydrogens is 454 g/mol. The van der Waals surface area contributed by atoms with Crippen LogP contribution in [0.15, 0.2) is 72.8 Å². The largest absolute Gasteiger partial charge is 0.497 e. The number of amides is 1. The van der Waals surface area contributed by atoms with Gasteiger partial charge in [0.2, 0.25) is 0 Å². The fourth-order valence-electron chi connectivity index (χ4n) is 4.66. The molecule has 1 amide bonds. The van der Waals surface area contributed by atoms with Crippen LogP contribution in [0.1, 0.15) is 28.8 Å². The normalized spacial score (nSPS) is 14.1. The summed E-state index contributed by atoms with van der Waals surface area (Å²) in [6.07, 6.45) is 2.96. The van der Waals surface area contributed by atoms with Gasteiger partial charge in [0, 0.05) is 18.7 Å². The molecule has 0 atom stereocenters. The minimum Gasteiger partial charge on any atom is -0.497 e. The molecule has 7 nitrogen and oxygen atoms in total. The number of hydrogen-bond acceptors (Lipinski definition) is 5. The predicted octanol–water partition coefficient (Wildman–Crippen LogP) is 4.88. The van der Waals surface area contributed by atoms with E-state index < -0.39 is 5.97 Å². The van der Waals surface area contributed by atoms with Crippen LogP contribution in [-0.2, 0) is 16.0 Å². The molecule has 1 saturated heterocycles. The molecule has 1 aromatic heterocycles. The summed E-state index contributed by atoms with van der Waals surface area (Å²) in [6, 6.07) is 23.2. The first-order valence-corrected chi connectivity index (χ1v) is 12.2. The number of methoxy groups -OCH3 is 1. The van der Waals surface area contributed by atoms with Gasteiger partial charge in [-0.1, -0.05) is 30.3 Å². The van der Waals surface area contributed by atoms with E-state index in [9.17, 15) is 9.59 Å². The third-order valence-electron chi connectivity index (χ3n) is 6.74. The van der Waals surface area contributed by atoms with Crippen molar-refractivity contribution in [1.29, 1.82) is 0 Å². The predicted molar refractivity (Wildman–Crippen MR) is 138 cm³/mol. The number of benzene rings is 3. The lowest BCUT2D eigenvalue weighted by Gasteiger charge is -2.32. The SMILES string of the molecule is COc1ccc(-c2nc3ccc(C(=O)OCC(=O)N4CCC(Cc5ccccc5)CC4)cc3[nH]2)cc1. The van der Waals surface area contributed by atoms with Gasteiger partial charge in [0.25, 0.3) is 5.91 Å². The second-order valence-corrected chi connectivity index (χ2v) is 9.14. The van der Waals surface area contributed by atoms with Crippen molar-refractivity contribution in [3.63, 3.8) is 0 Å². The Bertz CT molecular complexity index is 1340. The summed E-state index contributed by atoms with van der Waals surface area (Å²) < 4.78 is 10.6. The van der Waals surface area contributed by atoms with Gasteiger partial charge in [-0.3, -0.25) is 4.79 Å². The van der Waals surface area contributed by atoms with Crippen molar-refractivity contribution in [2.24, 2.45) is 5.92 Å². The summed E-state index contributed by atoms with van der Waals surface area (Å²) in [5, 5.41) is 0. The van der Waals surface area contributed by atoms with E-state index in [1.54, 1.807) is 30.2 Å². The van der Waals surface area contributed by atoms with Crippen LogP contribution in [0, 0.1) is 5.92 Å². The highest BCUT2D eigenvalue weighted by molar-refractivity contribution is 5.95. The van der Waals surface area contributed by atoms with Crippen LogP contribution in [-0.4, -0.2) is 53.6 Å². The van der Waals surface area contributed by atoms with E-state index in [1.807, 2.05) is 30.3 Å². The molecule has 1 fully saturated rings. The monoisotopic (exact) mass is 483 g/mol. The van der Waals surface area contributed by atoms with Gasteiger partial charge in [0.1, 0.15) is 11.6 Å². The highest BCUT2D eigenvalue weighted by atomic mass is 16.5. The summed E-state index contributed by atoms with van der Waals surface area (Å²) in [7, 11) is 1.62. The number of nitrogens with one attached hydrogen (secondary N) is 1. The maximum Gasteiger partial charge on any atom is 0.338 e. The summed E-state index contributed by atoms with van der Waals surface area (Å²) in [6.45, 7) is 1.14. The highest BCUT2D eigenvalue weighted by Gasteiger charge is 2.24. The van der Waals surface area contributed by atoms with Crippen LogP contribution in [0.2, 0.25) is 0 Å². The maximum absolute atomic E-state index is 12.6. The molecule has 0 aliphatic carbocycles. The molecule has 3 aromatic carbocycles. The molecule has 7 heteroatoms. The first-order valence-electron chi connectivity index (χ1n) is 12.2. The van der Waals surface area contributed by atoms with Crippen molar-refractivity contribution >= 4 is 22.9 Å². The number of piperidine rings is 1. The number of likely N-dealkylation sites (tertiary alicyclic amines) is 1. The second kappa shape index (κ2) is 10.6. The maximum atomic E-state index is 12.6. The number of fused-ring (bicyclic) bond motifs is 1. The quantitative estimate of drug-likeness (QED) is 0.379. The summed E-state index contributed by atoms with van der Waals surface area (Å²) in [5.74, 6) is 1.37. The summed E-state index contributed by atoms with van der Waals surface area (Å²) >= 11 is 0. The lowest BCUT2D eigenvalue weighted by Crippen LogP contribution is -2.41. The Labute approximate surface area is 210 Å². The molecule has 0 unspecified atom stereocenters. The van der Waals surface area contributed by atoms with Crippen molar-refractivity contribution in [1.82, 2.24) is 14.9 Å². The number of esters is 1. The standard InChI is InChI=1S/C29H29N3O4/c1-35-24-10-7-22(8-11-24)28-30-25-12-9-23(18-26(25)31-28)29(34)36-19-27(33)32-15-13-21(14-16-32)17-20-5-3-2-4-6-20/h2-12,18,21H,13-17,19H2,1H3,(H,30,31). The van der Waals surface area contributed by atoms with Gasteiger partial charge < -0.3 is 19.4 Å². The van der Waals surface area contributed by atoms with Gasteiger partial charge >= 0.3 is 5.97 Å². The molecule has 1 N–H and O–H groups in total. The van der Waals surface area contributed by atoms with Crippen LogP contribution >= 0.6 is 0 Å². The fraction of sp³-hybridized carbons (Fsp3) is 0.276. The summed E-state index contributed by atoms with van der Waals surface area (Å²) in [5.41, 5.74) is 4.09. The number of rotatable bonds is 7.